The van der Waals surface area contributed by atoms with E-state index in [0.29, 0.717) is 13.1 Å². The average molecular weight is 266 g/mol. The fourth-order valence-corrected chi connectivity index (χ4v) is 1.82. The van der Waals surface area contributed by atoms with Crippen LogP contribution < -0.4 is 10.6 Å². The third-order valence-corrected chi connectivity index (χ3v) is 3.76. The van der Waals surface area contributed by atoms with Crippen LogP contribution >= 0.6 is 0 Å². The number of piperazine rings is 1. The van der Waals surface area contributed by atoms with Crippen molar-refractivity contribution in [1.82, 2.24) is 15.5 Å². The smallest absolute Gasteiger partial charge is 0.238 e. The van der Waals surface area contributed by atoms with Crippen LogP contribution in [0.2, 0.25) is 0 Å². The van der Waals surface area contributed by atoms with Gasteiger partial charge >= 0.3 is 0 Å². The fraction of sp³-hybridized carbons (Fsp3) is 0.769. The predicted octanol–water partition coefficient (Wildman–Crippen LogP) is -0.139. The molecule has 0 aromatic carbocycles. The number of nitriles is 1. The Morgan fingerprint density at radius 1 is 1.53 bits per heavy atom. The van der Waals surface area contributed by atoms with Gasteiger partial charge in [-0.3, -0.25) is 14.5 Å². The first-order valence-electron chi connectivity index (χ1n) is 6.54. The van der Waals surface area contributed by atoms with Crippen molar-refractivity contribution >= 4 is 11.8 Å². The van der Waals surface area contributed by atoms with E-state index in [-0.39, 0.29) is 24.3 Å². The van der Waals surface area contributed by atoms with Gasteiger partial charge < -0.3 is 10.6 Å². The molecule has 1 rings (SSSR count). The van der Waals surface area contributed by atoms with E-state index in [4.69, 9.17) is 0 Å². The SMILES string of the molecule is CC(C)[C@@](C)(C#N)NC(=O)[C@H](C)N1CCNC(=O)C1. The number of amides is 2. The van der Waals surface area contributed by atoms with E-state index in [1.807, 2.05) is 18.7 Å². The quantitative estimate of drug-likeness (QED) is 0.741. The topological polar surface area (TPSA) is 85.2 Å². The van der Waals surface area contributed by atoms with Crippen LogP contribution in [0.1, 0.15) is 27.7 Å². The molecule has 1 fully saturated rings. The summed E-state index contributed by atoms with van der Waals surface area (Å²) in [5.74, 6) is -0.274. The van der Waals surface area contributed by atoms with Crippen LogP contribution in [-0.4, -0.2) is 47.9 Å². The van der Waals surface area contributed by atoms with E-state index in [1.165, 1.54) is 0 Å². The van der Waals surface area contributed by atoms with Crippen molar-refractivity contribution in [2.24, 2.45) is 5.92 Å². The molecule has 0 spiro atoms. The van der Waals surface area contributed by atoms with Gasteiger partial charge in [-0.05, 0) is 19.8 Å². The molecule has 19 heavy (non-hydrogen) atoms. The summed E-state index contributed by atoms with van der Waals surface area (Å²) in [5.41, 5.74) is -0.886. The molecular weight excluding hydrogens is 244 g/mol. The van der Waals surface area contributed by atoms with E-state index in [0.717, 1.165) is 0 Å². The second-order valence-electron chi connectivity index (χ2n) is 5.45. The van der Waals surface area contributed by atoms with Crippen LogP contribution in [0, 0.1) is 17.2 Å². The normalized spacial score (nSPS) is 21.2. The fourth-order valence-electron chi connectivity index (χ4n) is 1.82. The number of carbonyl (C=O) groups is 2. The molecule has 6 heteroatoms. The zero-order valence-corrected chi connectivity index (χ0v) is 12.0. The Kier molecular flexibility index (Phi) is 4.90. The zero-order valence-electron chi connectivity index (χ0n) is 12.0. The van der Waals surface area contributed by atoms with Crippen LogP contribution in [-0.2, 0) is 9.59 Å². The van der Waals surface area contributed by atoms with Crippen LogP contribution in [0.3, 0.4) is 0 Å². The highest BCUT2D eigenvalue weighted by Crippen LogP contribution is 2.16. The zero-order chi connectivity index (χ0) is 14.6. The molecule has 2 amide bonds. The minimum Gasteiger partial charge on any atom is -0.354 e. The first kappa shape index (κ1) is 15.4. The lowest BCUT2D eigenvalue weighted by Crippen LogP contribution is -2.58. The summed E-state index contributed by atoms with van der Waals surface area (Å²) < 4.78 is 0. The molecule has 1 aliphatic rings. The van der Waals surface area contributed by atoms with Gasteiger partial charge in [-0.2, -0.15) is 5.26 Å². The van der Waals surface area contributed by atoms with Crippen molar-refractivity contribution in [2.45, 2.75) is 39.3 Å². The standard InChI is InChI=1S/C13H22N4O2/c1-9(2)13(4,8-14)16-12(19)10(3)17-6-5-15-11(18)7-17/h9-10H,5-7H2,1-4H3,(H,15,18)(H,16,19)/t10-,13+/m0/s1. The van der Waals surface area contributed by atoms with Crippen molar-refractivity contribution in [2.75, 3.05) is 19.6 Å². The minimum absolute atomic E-state index is 0.0123. The minimum atomic E-state index is -0.886. The molecule has 1 heterocycles. The van der Waals surface area contributed by atoms with Crippen molar-refractivity contribution in [3.8, 4) is 6.07 Å². The van der Waals surface area contributed by atoms with Crippen molar-refractivity contribution in [3.63, 3.8) is 0 Å². The highest BCUT2D eigenvalue weighted by Gasteiger charge is 2.34. The summed E-state index contributed by atoms with van der Waals surface area (Å²) in [6.45, 7) is 8.67. The van der Waals surface area contributed by atoms with Crippen molar-refractivity contribution in [3.05, 3.63) is 0 Å². The van der Waals surface area contributed by atoms with Gasteiger partial charge in [0, 0.05) is 13.1 Å². The summed E-state index contributed by atoms with van der Waals surface area (Å²) in [4.78, 5) is 25.3. The number of nitrogens with one attached hydrogen (secondary N) is 2. The van der Waals surface area contributed by atoms with E-state index in [9.17, 15) is 14.9 Å². The van der Waals surface area contributed by atoms with Crippen molar-refractivity contribution in [1.29, 1.82) is 5.26 Å². The molecule has 1 saturated heterocycles. The first-order valence-corrected chi connectivity index (χ1v) is 6.54. The van der Waals surface area contributed by atoms with Gasteiger partial charge in [0.05, 0.1) is 18.7 Å². The lowest BCUT2D eigenvalue weighted by atomic mass is 9.89. The molecule has 2 N–H and O–H groups in total. The Morgan fingerprint density at radius 2 is 2.16 bits per heavy atom. The Morgan fingerprint density at radius 3 is 2.63 bits per heavy atom. The van der Waals surface area contributed by atoms with E-state index < -0.39 is 11.6 Å². The summed E-state index contributed by atoms with van der Waals surface area (Å²) >= 11 is 0. The third kappa shape index (κ3) is 3.67. The average Bonchev–Trinajstić information content (AvgIpc) is 2.37. The lowest BCUT2D eigenvalue weighted by molar-refractivity contribution is -0.131. The molecule has 0 bridgehead atoms. The number of rotatable bonds is 4. The summed E-state index contributed by atoms with van der Waals surface area (Å²) in [5, 5.41) is 14.7. The van der Waals surface area contributed by atoms with Gasteiger partial charge in [-0.1, -0.05) is 13.8 Å². The molecule has 0 aromatic heterocycles. The maximum atomic E-state index is 12.2. The maximum Gasteiger partial charge on any atom is 0.238 e. The largest absolute Gasteiger partial charge is 0.354 e. The van der Waals surface area contributed by atoms with E-state index in [2.05, 4.69) is 16.7 Å². The Hall–Kier alpha value is -1.61. The number of hydrogen-bond acceptors (Lipinski definition) is 4. The molecule has 0 unspecified atom stereocenters. The van der Waals surface area contributed by atoms with Gasteiger partial charge in [0.1, 0.15) is 5.54 Å². The highest BCUT2D eigenvalue weighted by atomic mass is 16.2. The van der Waals surface area contributed by atoms with Crippen LogP contribution in [0.4, 0.5) is 0 Å². The Balaban J connectivity index is 2.67. The molecule has 0 aliphatic carbocycles. The van der Waals surface area contributed by atoms with Crippen LogP contribution in [0.5, 0.6) is 0 Å². The van der Waals surface area contributed by atoms with E-state index in [1.54, 1.807) is 13.8 Å². The Labute approximate surface area is 114 Å². The molecule has 2 atom stereocenters. The number of carbonyl (C=O) groups excluding carboxylic acids is 2. The van der Waals surface area contributed by atoms with Gasteiger partial charge in [-0.25, -0.2) is 0 Å². The molecule has 1 aliphatic heterocycles. The first-order chi connectivity index (χ1) is 8.80. The molecule has 106 valence electrons. The second kappa shape index (κ2) is 6.02. The summed E-state index contributed by atoms with van der Waals surface area (Å²) in [7, 11) is 0. The third-order valence-electron chi connectivity index (χ3n) is 3.76. The lowest BCUT2D eigenvalue weighted by Gasteiger charge is -2.34. The molecule has 0 saturated carbocycles. The van der Waals surface area contributed by atoms with Crippen LogP contribution in [0.15, 0.2) is 0 Å². The van der Waals surface area contributed by atoms with Gasteiger partial charge in [0.2, 0.25) is 11.8 Å². The monoisotopic (exact) mass is 266 g/mol. The number of hydrogen-bond donors (Lipinski definition) is 2. The summed E-state index contributed by atoms with van der Waals surface area (Å²) in [6, 6.07) is 1.73. The summed E-state index contributed by atoms with van der Waals surface area (Å²) in [6.07, 6.45) is 0. The molecular formula is C13H22N4O2. The number of nitrogens with zero attached hydrogens (tertiary/aromatic N) is 2. The van der Waals surface area contributed by atoms with Crippen LogP contribution in [0.25, 0.3) is 0 Å². The van der Waals surface area contributed by atoms with Crippen molar-refractivity contribution < 1.29 is 9.59 Å². The van der Waals surface area contributed by atoms with Gasteiger partial charge in [-0.15, -0.1) is 0 Å². The molecule has 6 nitrogen and oxygen atoms in total. The predicted molar refractivity (Wildman–Crippen MR) is 71.0 cm³/mol. The molecule has 0 radical (unpaired) electrons. The van der Waals surface area contributed by atoms with Gasteiger partial charge in [0.25, 0.3) is 0 Å². The second-order valence-corrected chi connectivity index (χ2v) is 5.45. The maximum absolute atomic E-state index is 12.2. The van der Waals surface area contributed by atoms with Gasteiger partial charge in [0.15, 0.2) is 0 Å². The Bertz CT molecular complexity index is 402. The molecule has 0 aromatic rings. The highest BCUT2D eigenvalue weighted by molar-refractivity contribution is 5.84. The van der Waals surface area contributed by atoms with E-state index >= 15 is 0 Å².